The molecule has 0 atom stereocenters. The molecule has 0 unspecified atom stereocenters. The third kappa shape index (κ3) is 3.49. The van der Waals surface area contributed by atoms with Crippen LogP contribution < -0.4 is 57.1 Å². The first-order valence-electron chi connectivity index (χ1n) is 2.23. The van der Waals surface area contributed by atoms with Gasteiger partial charge in [0.05, 0.1) is 0 Å². The molecule has 3 N–H and O–H groups in total. The van der Waals surface area contributed by atoms with Crippen LogP contribution in [0.25, 0.3) is 0 Å². The van der Waals surface area contributed by atoms with E-state index in [0.717, 1.165) is 4.51 Å². The van der Waals surface area contributed by atoms with E-state index in [1.165, 1.54) is 0 Å². The summed E-state index contributed by atoms with van der Waals surface area (Å²) in [7, 11) is 0. The largest absolute Gasteiger partial charge is 1.00 e. The van der Waals surface area contributed by atoms with Crippen molar-refractivity contribution in [1.82, 2.24) is 4.98 Å². The molecule has 0 aromatic carbocycles. The zero-order valence-electron chi connectivity index (χ0n) is 6.22. The van der Waals surface area contributed by atoms with E-state index in [9.17, 15) is 0 Å². The van der Waals surface area contributed by atoms with Crippen LogP contribution in [0.2, 0.25) is 0 Å². The summed E-state index contributed by atoms with van der Waals surface area (Å²) < 4.78 is 0.765. The zero-order chi connectivity index (χ0) is 5.98. The molecular weight excluding hydrogens is 159 g/mol. The number of nitrogens with two attached hydrogens (primary N) is 1. The zero-order valence-corrected chi connectivity index (χ0v) is 9.16. The topological polar surface area (TPSA) is 41.8 Å². The second-order valence-electron chi connectivity index (χ2n) is 1.48. The average molecular weight is 166 g/mol. The van der Waals surface area contributed by atoms with Crippen molar-refractivity contribution in [3.63, 3.8) is 0 Å². The number of aromatic amines is 1. The first kappa shape index (κ1) is 9.81. The quantitative estimate of drug-likeness (QED) is 0.362. The Kier molecular flexibility index (Phi) is 5.01. The molecule has 0 radical (unpaired) electrons. The van der Waals surface area contributed by atoms with Crippen LogP contribution in [0, 0.1) is 4.51 Å². The van der Waals surface area contributed by atoms with Gasteiger partial charge in [0.2, 0.25) is 0 Å². The summed E-state index contributed by atoms with van der Waals surface area (Å²) in [6.45, 7) is 0. The third-order valence-corrected chi connectivity index (χ3v) is 1.05. The number of nitrogen functional groups attached to an aromatic ring is 1. The maximum absolute atomic E-state index is 5.34. The number of aromatic nitrogens is 1. The normalized spacial score (nSPS) is 8.00. The Hall–Kier alpha value is 0.806. The smallest absolute Gasteiger partial charge is 1.00 e. The molecule has 2 nitrogen and oxygen atoms in total. The molecule has 0 saturated carbocycles. The molecule has 4 heteroatoms. The number of H-pyrrole nitrogens is 1. The van der Waals surface area contributed by atoms with E-state index < -0.39 is 0 Å². The average Bonchev–Trinajstić information content (AvgIpc) is 1.64. The molecule has 1 aromatic heterocycles. The molecule has 0 aliphatic rings. The molecule has 1 heterocycles. The number of pyridine rings is 1. The molecule has 1 rings (SSSR count). The number of nitrogens with one attached hydrogen (secondary N) is 1. The summed E-state index contributed by atoms with van der Waals surface area (Å²) in [6, 6.07) is 3.49. The van der Waals surface area contributed by atoms with Crippen molar-refractivity contribution in [2.75, 3.05) is 5.73 Å². The van der Waals surface area contributed by atoms with Crippen LogP contribution >= 0.6 is 12.2 Å². The van der Waals surface area contributed by atoms with Gasteiger partial charge in [-0.2, -0.15) is 0 Å². The Bertz CT molecular complexity index is 237. The van der Waals surface area contributed by atoms with E-state index in [0.29, 0.717) is 5.82 Å². The molecule has 0 bridgehead atoms. The van der Waals surface area contributed by atoms with Crippen molar-refractivity contribution in [1.29, 1.82) is 0 Å². The van der Waals surface area contributed by atoms with Gasteiger partial charge in [-0.1, -0.05) is 12.2 Å². The monoisotopic (exact) mass is 166 g/mol. The Morgan fingerprint density at radius 2 is 2.33 bits per heavy atom. The van der Waals surface area contributed by atoms with Gasteiger partial charge in [0, 0.05) is 10.7 Å². The van der Waals surface area contributed by atoms with Crippen LogP contribution in [0.4, 0.5) is 5.82 Å². The maximum Gasteiger partial charge on any atom is 1.00 e. The van der Waals surface area contributed by atoms with Gasteiger partial charge in [-0.3, -0.25) is 0 Å². The van der Waals surface area contributed by atoms with Crippen molar-refractivity contribution in [3.8, 4) is 0 Å². The molecule has 0 fully saturated rings. The minimum Gasteiger partial charge on any atom is -1.00 e. The summed E-state index contributed by atoms with van der Waals surface area (Å²) in [5.74, 6) is 0.609. The van der Waals surface area contributed by atoms with Crippen molar-refractivity contribution in [3.05, 3.63) is 22.8 Å². The van der Waals surface area contributed by atoms with Gasteiger partial charge in [-0.25, -0.2) is 0 Å². The second kappa shape index (κ2) is 4.60. The van der Waals surface area contributed by atoms with E-state index in [-0.39, 0.29) is 52.8 Å². The standard InChI is InChI=1S/C5H6N2S.K.H/c6-5-3-4(8)1-2-7-5;;/h1-3H,(H3,6,7,8);;/q;+1;-1. The molecule has 0 saturated heterocycles. The summed E-state index contributed by atoms with van der Waals surface area (Å²) in [6.07, 6.45) is 1.72. The number of hydrogen-bond acceptors (Lipinski definition) is 2. The predicted molar refractivity (Wildman–Crippen MR) is 37.2 cm³/mol. The van der Waals surface area contributed by atoms with E-state index in [2.05, 4.69) is 4.98 Å². The van der Waals surface area contributed by atoms with E-state index in [4.69, 9.17) is 18.0 Å². The Labute approximate surface area is 103 Å². The fourth-order valence-electron chi connectivity index (χ4n) is 0.463. The number of hydrogen-bond donors (Lipinski definition) is 2. The summed E-state index contributed by atoms with van der Waals surface area (Å²) in [5.41, 5.74) is 5.34. The third-order valence-electron chi connectivity index (χ3n) is 0.795. The minimum atomic E-state index is 0. The van der Waals surface area contributed by atoms with Crippen LogP contribution in [0.15, 0.2) is 18.3 Å². The molecular formula is C5H7KN2S. The number of anilines is 1. The Morgan fingerprint density at radius 3 is 2.67 bits per heavy atom. The van der Waals surface area contributed by atoms with Crippen molar-refractivity contribution in [2.45, 2.75) is 0 Å². The van der Waals surface area contributed by atoms with Gasteiger partial charge in [-0.05, 0) is 12.1 Å². The van der Waals surface area contributed by atoms with E-state index in [1.54, 1.807) is 18.3 Å². The number of rotatable bonds is 0. The first-order chi connectivity index (χ1) is 3.79. The molecule has 0 aliphatic carbocycles. The fraction of sp³-hybridized carbons (Fsp3) is 0. The molecule has 1 aromatic rings. The van der Waals surface area contributed by atoms with Crippen molar-refractivity contribution < 1.29 is 52.8 Å². The first-order valence-corrected chi connectivity index (χ1v) is 2.64. The Morgan fingerprint density at radius 1 is 1.67 bits per heavy atom. The maximum atomic E-state index is 5.34. The van der Waals surface area contributed by atoms with Gasteiger partial charge < -0.3 is 12.1 Å². The summed E-state index contributed by atoms with van der Waals surface area (Å²) >= 11 is 4.80. The van der Waals surface area contributed by atoms with Gasteiger partial charge in [-0.15, -0.1) is 0 Å². The van der Waals surface area contributed by atoms with Gasteiger partial charge in [0.1, 0.15) is 5.82 Å². The Balaban J connectivity index is 0. The van der Waals surface area contributed by atoms with Gasteiger partial charge >= 0.3 is 51.4 Å². The van der Waals surface area contributed by atoms with Crippen LogP contribution in [0.3, 0.4) is 0 Å². The van der Waals surface area contributed by atoms with Crippen LogP contribution in [0.5, 0.6) is 0 Å². The van der Waals surface area contributed by atoms with E-state index in [1.807, 2.05) is 0 Å². The molecule has 0 amide bonds. The minimum absolute atomic E-state index is 0. The van der Waals surface area contributed by atoms with Crippen LogP contribution in [-0.2, 0) is 0 Å². The summed E-state index contributed by atoms with van der Waals surface area (Å²) in [4.78, 5) is 2.78. The van der Waals surface area contributed by atoms with Crippen molar-refractivity contribution in [2.24, 2.45) is 0 Å². The van der Waals surface area contributed by atoms with E-state index >= 15 is 0 Å². The molecule has 0 spiro atoms. The van der Waals surface area contributed by atoms with Crippen LogP contribution in [-0.4, -0.2) is 4.98 Å². The van der Waals surface area contributed by atoms with Crippen molar-refractivity contribution >= 4 is 18.0 Å². The van der Waals surface area contributed by atoms with Gasteiger partial charge in [0.25, 0.3) is 0 Å². The summed E-state index contributed by atoms with van der Waals surface area (Å²) in [5, 5.41) is 0. The molecule has 9 heavy (non-hydrogen) atoms. The SMILES string of the molecule is Nc1cc(=S)cc[nH]1.[H-].[K+]. The second-order valence-corrected chi connectivity index (χ2v) is 1.95. The molecule has 44 valence electrons. The fourth-order valence-corrected chi connectivity index (χ4v) is 0.658. The van der Waals surface area contributed by atoms with Gasteiger partial charge in [0.15, 0.2) is 0 Å². The predicted octanol–water partition coefficient (Wildman–Crippen LogP) is -1.56. The van der Waals surface area contributed by atoms with Crippen LogP contribution in [0.1, 0.15) is 1.43 Å². The molecule has 0 aliphatic heterocycles.